The predicted octanol–water partition coefficient (Wildman–Crippen LogP) is 1.53. The van der Waals surface area contributed by atoms with Gasteiger partial charge < -0.3 is 15.4 Å². The molecule has 0 aliphatic carbocycles. The van der Waals surface area contributed by atoms with Gasteiger partial charge in [-0.3, -0.25) is 4.79 Å². The van der Waals surface area contributed by atoms with Gasteiger partial charge in [0.1, 0.15) is 6.61 Å². The number of morpholine rings is 1. The lowest BCUT2D eigenvalue weighted by atomic mass is 10.1. The molecule has 5 heteroatoms. The van der Waals surface area contributed by atoms with E-state index in [4.69, 9.17) is 10.5 Å². The number of halogens is 1. The van der Waals surface area contributed by atoms with Gasteiger partial charge >= 0.3 is 0 Å². The molecular weight excluding hydrogens is 296 g/mol. The van der Waals surface area contributed by atoms with Crippen molar-refractivity contribution in [3.05, 3.63) is 34.3 Å². The number of hydrogen-bond donors (Lipinski definition) is 1. The quantitative estimate of drug-likeness (QED) is 0.917. The molecule has 18 heavy (non-hydrogen) atoms. The molecular formula is C13H17BrN2O2. The van der Waals surface area contributed by atoms with Crippen LogP contribution < -0.4 is 5.73 Å². The van der Waals surface area contributed by atoms with Crippen molar-refractivity contribution in [3.8, 4) is 0 Å². The molecule has 1 unspecified atom stereocenters. The van der Waals surface area contributed by atoms with Crippen molar-refractivity contribution in [2.24, 2.45) is 5.73 Å². The molecule has 1 aliphatic heterocycles. The summed E-state index contributed by atoms with van der Waals surface area (Å²) >= 11 is 3.50. The minimum atomic E-state index is 0.0408. The molecule has 0 aromatic heterocycles. The third-order valence-corrected chi connectivity index (χ3v) is 3.80. The molecule has 1 aromatic carbocycles. The van der Waals surface area contributed by atoms with Crippen LogP contribution in [0.1, 0.15) is 12.0 Å². The van der Waals surface area contributed by atoms with Crippen molar-refractivity contribution in [1.82, 2.24) is 4.90 Å². The van der Waals surface area contributed by atoms with E-state index in [1.165, 1.54) is 0 Å². The van der Waals surface area contributed by atoms with Crippen LogP contribution in [-0.4, -0.2) is 36.6 Å². The van der Waals surface area contributed by atoms with E-state index >= 15 is 0 Å². The number of rotatable bonds is 4. The van der Waals surface area contributed by atoms with E-state index in [1.54, 1.807) is 0 Å². The molecule has 4 nitrogen and oxygen atoms in total. The highest BCUT2D eigenvalue weighted by molar-refractivity contribution is 9.10. The first-order valence-electron chi connectivity index (χ1n) is 6.03. The van der Waals surface area contributed by atoms with Crippen LogP contribution in [0.2, 0.25) is 0 Å². The number of carbonyl (C=O) groups excluding carboxylic acids is 1. The molecule has 1 heterocycles. The molecule has 0 bridgehead atoms. The third-order valence-electron chi connectivity index (χ3n) is 3.03. The van der Waals surface area contributed by atoms with Gasteiger partial charge in [-0.2, -0.15) is 0 Å². The van der Waals surface area contributed by atoms with Crippen molar-refractivity contribution in [2.75, 3.05) is 19.7 Å². The van der Waals surface area contributed by atoms with Crippen molar-refractivity contribution in [3.63, 3.8) is 0 Å². The number of benzene rings is 1. The summed E-state index contributed by atoms with van der Waals surface area (Å²) in [5.74, 6) is 0.0408. The Morgan fingerprint density at radius 2 is 2.22 bits per heavy atom. The largest absolute Gasteiger partial charge is 0.367 e. The highest BCUT2D eigenvalue weighted by Gasteiger charge is 2.26. The van der Waals surface area contributed by atoms with Crippen LogP contribution >= 0.6 is 15.9 Å². The van der Waals surface area contributed by atoms with Crippen LogP contribution in [0.25, 0.3) is 0 Å². The van der Waals surface area contributed by atoms with Crippen LogP contribution in [-0.2, 0) is 16.1 Å². The fraction of sp³-hybridized carbons (Fsp3) is 0.462. The Bertz CT molecular complexity index is 425. The highest BCUT2D eigenvalue weighted by Crippen LogP contribution is 2.20. The van der Waals surface area contributed by atoms with Gasteiger partial charge in [0.2, 0.25) is 5.91 Å². The average Bonchev–Trinajstić information content (AvgIpc) is 2.36. The van der Waals surface area contributed by atoms with Crippen molar-refractivity contribution < 1.29 is 9.53 Å². The summed E-state index contributed by atoms with van der Waals surface area (Å²) in [5, 5.41) is 0. The highest BCUT2D eigenvalue weighted by atomic mass is 79.9. The summed E-state index contributed by atoms with van der Waals surface area (Å²) in [7, 11) is 0. The van der Waals surface area contributed by atoms with Crippen LogP contribution in [0.15, 0.2) is 28.7 Å². The van der Waals surface area contributed by atoms with Gasteiger partial charge in [-0.15, -0.1) is 0 Å². The minimum absolute atomic E-state index is 0.0408. The maximum absolute atomic E-state index is 11.8. The smallest absolute Gasteiger partial charge is 0.248 e. The third kappa shape index (κ3) is 3.31. The molecule has 0 saturated carbocycles. The molecule has 0 radical (unpaired) electrons. The Morgan fingerprint density at radius 1 is 1.44 bits per heavy atom. The van der Waals surface area contributed by atoms with E-state index in [1.807, 2.05) is 29.2 Å². The fourth-order valence-electron chi connectivity index (χ4n) is 2.03. The second kappa shape index (κ2) is 6.31. The maximum Gasteiger partial charge on any atom is 0.248 e. The molecule has 0 spiro atoms. The Morgan fingerprint density at radius 3 is 2.94 bits per heavy atom. The number of nitrogens with zero attached hydrogens (tertiary/aromatic N) is 1. The fourth-order valence-corrected chi connectivity index (χ4v) is 2.44. The summed E-state index contributed by atoms with van der Waals surface area (Å²) in [6.07, 6.45) is 0.856. The van der Waals surface area contributed by atoms with E-state index in [-0.39, 0.29) is 18.6 Å². The van der Waals surface area contributed by atoms with E-state index in [0.29, 0.717) is 19.6 Å². The Balaban J connectivity index is 2.03. The summed E-state index contributed by atoms with van der Waals surface area (Å²) in [6, 6.07) is 7.94. The average molecular weight is 313 g/mol. The van der Waals surface area contributed by atoms with Gasteiger partial charge in [-0.05, 0) is 24.6 Å². The van der Waals surface area contributed by atoms with E-state index < -0.39 is 0 Å². The second-order valence-corrected chi connectivity index (χ2v) is 5.23. The van der Waals surface area contributed by atoms with E-state index in [2.05, 4.69) is 15.9 Å². The van der Waals surface area contributed by atoms with Crippen molar-refractivity contribution in [1.29, 1.82) is 0 Å². The summed E-state index contributed by atoms with van der Waals surface area (Å²) in [5.41, 5.74) is 6.64. The number of ether oxygens (including phenoxy) is 1. The number of nitrogens with two attached hydrogens (primary N) is 1. The first kappa shape index (κ1) is 13.5. The number of hydrogen-bond acceptors (Lipinski definition) is 3. The van der Waals surface area contributed by atoms with Gasteiger partial charge in [-0.1, -0.05) is 34.1 Å². The molecule has 1 saturated heterocycles. The molecule has 1 fully saturated rings. The lowest BCUT2D eigenvalue weighted by molar-refractivity contribution is -0.149. The van der Waals surface area contributed by atoms with Gasteiger partial charge in [0.05, 0.1) is 6.10 Å². The lowest BCUT2D eigenvalue weighted by Gasteiger charge is -2.32. The number of amides is 1. The summed E-state index contributed by atoms with van der Waals surface area (Å²) in [6.45, 7) is 1.99. The molecule has 1 aliphatic rings. The monoisotopic (exact) mass is 312 g/mol. The van der Waals surface area contributed by atoms with E-state index in [0.717, 1.165) is 16.5 Å². The maximum atomic E-state index is 11.8. The molecule has 2 N–H and O–H groups in total. The Hall–Kier alpha value is -0.910. The van der Waals surface area contributed by atoms with Crippen LogP contribution in [0.3, 0.4) is 0 Å². The predicted molar refractivity (Wildman–Crippen MR) is 73.0 cm³/mol. The molecule has 2 rings (SSSR count). The van der Waals surface area contributed by atoms with Gasteiger partial charge in [0.15, 0.2) is 0 Å². The van der Waals surface area contributed by atoms with Crippen LogP contribution in [0, 0.1) is 0 Å². The minimum Gasteiger partial charge on any atom is -0.367 e. The Labute approximate surface area is 115 Å². The van der Waals surface area contributed by atoms with Gasteiger partial charge in [0.25, 0.3) is 0 Å². The van der Waals surface area contributed by atoms with Gasteiger partial charge in [-0.25, -0.2) is 0 Å². The standard InChI is InChI=1S/C13H17BrN2O2/c14-12-4-2-1-3-10(12)7-16-8-11(5-6-15)18-9-13(16)17/h1-4,11H,5-9,15H2. The first-order valence-corrected chi connectivity index (χ1v) is 6.83. The topological polar surface area (TPSA) is 55.6 Å². The molecule has 1 amide bonds. The first-order chi connectivity index (χ1) is 8.70. The van der Waals surface area contributed by atoms with E-state index in [9.17, 15) is 4.79 Å². The van der Waals surface area contributed by atoms with Gasteiger partial charge in [0, 0.05) is 17.6 Å². The summed E-state index contributed by atoms with van der Waals surface area (Å²) < 4.78 is 6.47. The molecule has 98 valence electrons. The lowest BCUT2D eigenvalue weighted by Crippen LogP contribution is -2.46. The van der Waals surface area contributed by atoms with Crippen molar-refractivity contribution in [2.45, 2.75) is 19.1 Å². The zero-order valence-corrected chi connectivity index (χ0v) is 11.7. The summed E-state index contributed by atoms with van der Waals surface area (Å²) in [4.78, 5) is 13.7. The zero-order chi connectivity index (χ0) is 13.0. The van der Waals surface area contributed by atoms with Crippen LogP contribution in [0.4, 0.5) is 0 Å². The zero-order valence-electron chi connectivity index (χ0n) is 10.1. The molecule has 1 atom stereocenters. The SMILES string of the molecule is NCCC1CN(Cc2ccccc2Br)C(=O)CO1. The van der Waals surface area contributed by atoms with Crippen molar-refractivity contribution >= 4 is 21.8 Å². The van der Waals surface area contributed by atoms with Crippen LogP contribution in [0.5, 0.6) is 0 Å². The Kier molecular flexibility index (Phi) is 4.74. The second-order valence-electron chi connectivity index (χ2n) is 4.38. The molecule has 1 aromatic rings. The number of carbonyl (C=O) groups is 1. The normalized spacial score (nSPS) is 20.2.